The zero-order chi connectivity index (χ0) is 10.1. The summed E-state index contributed by atoms with van der Waals surface area (Å²) in [5.41, 5.74) is 1.91. The van der Waals surface area contributed by atoms with Gasteiger partial charge in [0, 0.05) is 23.0 Å². The third-order valence-electron chi connectivity index (χ3n) is 2.15. The van der Waals surface area contributed by atoms with Crippen molar-refractivity contribution in [2.24, 2.45) is 5.16 Å². The van der Waals surface area contributed by atoms with Gasteiger partial charge in [0.25, 0.3) is 0 Å². The van der Waals surface area contributed by atoms with Crippen LogP contribution in [0.2, 0.25) is 0 Å². The second kappa shape index (κ2) is 3.57. The lowest BCUT2D eigenvalue weighted by Gasteiger charge is -2.20. The summed E-state index contributed by atoms with van der Waals surface area (Å²) in [7, 11) is 0. The Kier molecular flexibility index (Phi) is 2.41. The van der Waals surface area contributed by atoms with Gasteiger partial charge < -0.3 is 10.5 Å². The Labute approximate surface area is 88.7 Å². The topological polar surface area (TPSA) is 44.6 Å². The molecule has 0 amide bonds. The van der Waals surface area contributed by atoms with Crippen molar-refractivity contribution in [3.8, 4) is 0 Å². The second-order valence-corrected chi connectivity index (χ2v) is 3.89. The van der Waals surface area contributed by atoms with Crippen LogP contribution < -0.4 is 5.32 Å². The molecule has 0 atom stereocenters. The van der Waals surface area contributed by atoms with Gasteiger partial charge in [-0.3, -0.25) is 0 Å². The highest BCUT2D eigenvalue weighted by Crippen LogP contribution is 2.31. The van der Waals surface area contributed by atoms with E-state index in [1.165, 1.54) is 12.1 Å². The number of fused-ring (bicyclic) bond motifs is 1. The van der Waals surface area contributed by atoms with Crippen molar-refractivity contribution in [1.82, 2.24) is 0 Å². The van der Waals surface area contributed by atoms with Crippen LogP contribution >= 0.6 is 15.9 Å². The Bertz CT molecular complexity index is 406. The van der Waals surface area contributed by atoms with Gasteiger partial charge in [-0.2, -0.15) is 0 Å². The molecule has 0 radical (unpaired) electrons. The minimum atomic E-state index is -0.347. The lowest BCUT2D eigenvalue weighted by Crippen LogP contribution is -2.19. The first-order chi connectivity index (χ1) is 6.72. The lowest BCUT2D eigenvalue weighted by molar-refractivity contribution is 0.318. The van der Waals surface area contributed by atoms with Crippen molar-refractivity contribution < 1.29 is 9.60 Å². The molecule has 0 spiro atoms. The normalized spacial score (nSPS) is 17.7. The molecule has 5 heteroatoms. The molecule has 1 aromatic carbocycles. The van der Waals surface area contributed by atoms with Crippen molar-refractivity contribution in [2.45, 2.75) is 6.42 Å². The van der Waals surface area contributed by atoms with Gasteiger partial charge >= 0.3 is 0 Å². The maximum absolute atomic E-state index is 13.1. The van der Waals surface area contributed by atoms with E-state index in [1.54, 1.807) is 0 Å². The van der Waals surface area contributed by atoms with Gasteiger partial charge in [0.1, 0.15) is 5.82 Å². The van der Waals surface area contributed by atoms with E-state index in [4.69, 9.17) is 5.21 Å². The summed E-state index contributed by atoms with van der Waals surface area (Å²) < 4.78 is 13.7. The van der Waals surface area contributed by atoms with E-state index in [0.717, 1.165) is 5.69 Å². The monoisotopic (exact) mass is 258 g/mol. The average molecular weight is 259 g/mol. The molecule has 1 aliphatic rings. The maximum Gasteiger partial charge on any atom is 0.125 e. The summed E-state index contributed by atoms with van der Waals surface area (Å²) in [4.78, 5) is 0. The molecule has 0 saturated heterocycles. The first-order valence-corrected chi connectivity index (χ1v) is 4.96. The highest BCUT2D eigenvalue weighted by atomic mass is 79.9. The number of nitrogens with zero attached hydrogens (tertiary/aromatic N) is 1. The number of anilines is 1. The number of rotatable bonds is 0. The van der Waals surface area contributed by atoms with Crippen LogP contribution in [0.4, 0.5) is 10.1 Å². The molecule has 14 heavy (non-hydrogen) atoms. The third kappa shape index (κ3) is 1.48. The van der Waals surface area contributed by atoms with Crippen molar-refractivity contribution in [2.75, 3.05) is 11.9 Å². The fourth-order valence-corrected chi connectivity index (χ4v) is 2.10. The summed E-state index contributed by atoms with van der Waals surface area (Å²) in [5, 5.41) is 15.0. The van der Waals surface area contributed by atoms with Crippen LogP contribution in [0.3, 0.4) is 0 Å². The molecule has 3 nitrogen and oxygen atoms in total. The van der Waals surface area contributed by atoms with Crippen LogP contribution in [-0.4, -0.2) is 17.5 Å². The summed E-state index contributed by atoms with van der Waals surface area (Å²) in [5.74, 6) is -0.347. The van der Waals surface area contributed by atoms with Gasteiger partial charge in [0.05, 0.1) is 11.4 Å². The molecule has 74 valence electrons. The van der Waals surface area contributed by atoms with E-state index in [1.807, 2.05) is 0 Å². The Morgan fingerprint density at radius 2 is 2.29 bits per heavy atom. The van der Waals surface area contributed by atoms with Crippen LogP contribution in [0.15, 0.2) is 21.8 Å². The molecule has 1 heterocycles. The third-order valence-corrected chi connectivity index (χ3v) is 2.78. The molecule has 2 rings (SSSR count). The van der Waals surface area contributed by atoms with Gasteiger partial charge in [-0.05, 0) is 28.1 Å². The molecule has 0 bridgehead atoms. The summed E-state index contributed by atoms with van der Waals surface area (Å²) in [6.45, 7) is 0.691. The molecule has 1 aromatic rings. The van der Waals surface area contributed by atoms with E-state index in [0.29, 0.717) is 28.7 Å². The number of halogens is 2. The molecule has 0 aliphatic carbocycles. The van der Waals surface area contributed by atoms with Gasteiger partial charge in [-0.25, -0.2) is 4.39 Å². The van der Waals surface area contributed by atoms with Crippen LogP contribution in [0.1, 0.15) is 12.0 Å². The standard InChI is InChI=1S/C9H8BrFN2O/c10-7-4-5(11)3-6-8(13-14)1-2-12-9(6)7/h3-4,12,14H,1-2H2. The fraction of sp³-hybridized carbons (Fsp3) is 0.222. The number of oxime groups is 1. The smallest absolute Gasteiger partial charge is 0.125 e. The minimum absolute atomic E-state index is 0.347. The van der Waals surface area contributed by atoms with E-state index in [2.05, 4.69) is 26.4 Å². The van der Waals surface area contributed by atoms with Crippen molar-refractivity contribution in [1.29, 1.82) is 0 Å². The molecular formula is C9H8BrFN2O. The number of hydrogen-bond acceptors (Lipinski definition) is 3. The predicted molar refractivity (Wildman–Crippen MR) is 55.5 cm³/mol. The quantitative estimate of drug-likeness (QED) is 0.555. The largest absolute Gasteiger partial charge is 0.411 e. The Hall–Kier alpha value is -1.10. The van der Waals surface area contributed by atoms with Crippen molar-refractivity contribution in [3.05, 3.63) is 28.0 Å². The SMILES string of the molecule is ON=C1CCNc2c(Br)cc(F)cc21. The van der Waals surface area contributed by atoms with E-state index in [9.17, 15) is 4.39 Å². The molecule has 0 fully saturated rings. The zero-order valence-corrected chi connectivity index (χ0v) is 8.81. The van der Waals surface area contributed by atoms with Crippen LogP contribution in [0.5, 0.6) is 0 Å². The first-order valence-electron chi connectivity index (χ1n) is 4.16. The number of benzene rings is 1. The summed E-state index contributed by atoms with van der Waals surface area (Å²) in [6, 6.07) is 2.74. The van der Waals surface area contributed by atoms with Crippen molar-refractivity contribution in [3.63, 3.8) is 0 Å². The first kappa shape index (κ1) is 9.45. The van der Waals surface area contributed by atoms with E-state index in [-0.39, 0.29) is 5.82 Å². The van der Waals surface area contributed by atoms with Crippen LogP contribution in [0.25, 0.3) is 0 Å². The molecule has 1 aliphatic heterocycles. The molecule has 0 aromatic heterocycles. The molecule has 2 N–H and O–H groups in total. The molecule has 0 unspecified atom stereocenters. The number of hydrogen-bond donors (Lipinski definition) is 2. The Balaban J connectivity index is 2.62. The average Bonchev–Trinajstić information content (AvgIpc) is 2.17. The van der Waals surface area contributed by atoms with Gasteiger partial charge in [0.15, 0.2) is 0 Å². The fourth-order valence-electron chi connectivity index (χ4n) is 1.53. The minimum Gasteiger partial charge on any atom is -0.411 e. The van der Waals surface area contributed by atoms with Gasteiger partial charge in [-0.1, -0.05) is 5.16 Å². The predicted octanol–water partition coefficient (Wildman–Crippen LogP) is 2.58. The van der Waals surface area contributed by atoms with Crippen LogP contribution in [-0.2, 0) is 0 Å². The highest BCUT2D eigenvalue weighted by molar-refractivity contribution is 9.10. The van der Waals surface area contributed by atoms with Crippen molar-refractivity contribution >= 4 is 27.3 Å². The second-order valence-electron chi connectivity index (χ2n) is 3.03. The lowest BCUT2D eigenvalue weighted by atomic mass is 10.0. The van der Waals surface area contributed by atoms with Gasteiger partial charge in [-0.15, -0.1) is 0 Å². The van der Waals surface area contributed by atoms with Gasteiger partial charge in [0.2, 0.25) is 0 Å². The molecular weight excluding hydrogens is 251 g/mol. The Morgan fingerprint density at radius 1 is 1.50 bits per heavy atom. The zero-order valence-electron chi connectivity index (χ0n) is 7.22. The maximum atomic E-state index is 13.1. The van der Waals surface area contributed by atoms with Crippen LogP contribution in [0, 0.1) is 5.82 Å². The van der Waals surface area contributed by atoms with E-state index >= 15 is 0 Å². The Morgan fingerprint density at radius 3 is 3.00 bits per heavy atom. The summed E-state index contributed by atoms with van der Waals surface area (Å²) >= 11 is 3.25. The molecule has 0 saturated carbocycles. The number of nitrogens with one attached hydrogen (secondary N) is 1. The van der Waals surface area contributed by atoms with E-state index < -0.39 is 0 Å². The summed E-state index contributed by atoms with van der Waals surface area (Å²) in [6.07, 6.45) is 0.597. The highest BCUT2D eigenvalue weighted by Gasteiger charge is 2.18.